The van der Waals surface area contributed by atoms with Crippen LogP contribution in [0, 0.1) is 0 Å². The van der Waals surface area contributed by atoms with Crippen LogP contribution >= 0.6 is 0 Å². The first-order valence-corrected chi connectivity index (χ1v) is 6.59. The molecule has 0 saturated carbocycles. The molecular weight excluding hydrogens is 216 g/mol. The molecule has 1 aromatic rings. The third kappa shape index (κ3) is 4.09. The fourth-order valence-corrected chi connectivity index (χ4v) is 2.41. The smallest absolute Gasteiger partial charge is 0.213 e. The van der Waals surface area contributed by atoms with E-state index in [-0.39, 0.29) is 0 Å². The van der Waals surface area contributed by atoms with E-state index in [4.69, 9.17) is 4.52 Å². The van der Waals surface area contributed by atoms with Gasteiger partial charge in [-0.15, -0.1) is 0 Å². The van der Waals surface area contributed by atoms with Crippen LogP contribution in [0.3, 0.4) is 0 Å². The van der Waals surface area contributed by atoms with E-state index in [1.807, 2.05) is 0 Å². The maximum Gasteiger partial charge on any atom is 0.213 e. The minimum absolute atomic E-state index is 0.593. The van der Waals surface area contributed by atoms with Gasteiger partial charge in [0.05, 0.1) is 6.54 Å². The lowest BCUT2D eigenvalue weighted by Crippen LogP contribution is -2.31. The molecule has 1 fully saturated rings. The fraction of sp³-hybridized carbons (Fsp3) is 0.833. The van der Waals surface area contributed by atoms with Gasteiger partial charge in [-0.25, -0.2) is 0 Å². The highest BCUT2D eigenvalue weighted by molar-refractivity contribution is 4.81. The van der Waals surface area contributed by atoms with Crippen molar-refractivity contribution in [3.63, 3.8) is 0 Å². The minimum atomic E-state index is 0.593. The quantitative estimate of drug-likeness (QED) is 0.841. The van der Waals surface area contributed by atoms with Crippen LogP contribution < -0.4 is 5.32 Å². The molecule has 1 atom stereocenters. The van der Waals surface area contributed by atoms with Crippen molar-refractivity contribution in [2.24, 2.45) is 0 Å². The van der Waals surface area contributed by atoms with Crippen LogP contribution in [0.25, 0.3) is 0 Å². The van der Waals surface area contributed by atoms with Crippen molar-refractivity contribution in [3.8, 4) is 0 Å². The zero-order valence-corrected chi connectivity index (χ0v) is 10.6. The molecule has 0 aliphatic carbocycles. The summed E-state index contributed by atoms with van der Waals surface area (Å²) in [5.74, 6) is 0.750. The van der Waals surface area contributed by atoms with Crippen LogP contribution in [-0.2, 0) is 6.54 Å². The van der Waals surface area contributed by atoms with E-state index in [1.165, 1.54) is 51.7 Å². The Balaban J connectivity index is 1.71. The molecule has 1 aliphatic heterocycles. The number of likely N-dealkylation sites (tertiary alicyclic amines) is 1. The second-order valence-electron chi connectivity index (χ2n) is 4.70. The lowest BCUT2D eigenvalue weighted by Gasteiger charge is -2.19. The van der Waals surface area contributed by atoms with Crippen molar-refractivity contribution in [1.29, 1.82) is 0 Å². The van der Waals surface area contributed by atoms with E-state index in [9.17, 15) is 0 Å². The highest BCUT2D eigenvalue weighted by atomic mass is 16.5. The van der Waals surface area contributed by atoms with Gasteiger partial charge in [0.25, 0.3) is 0 Å². The van der Waals surface area contributed by atoms with Crippen molar-refractivity contribution >= 4 is 0 Å². The third-order valence-electron chi connectivity index (χ3n) is 3.32. The number of nitrogens with one attached hydrogen (secondary N) is 1. The first kappa shape index (κ1) is 12.5. The number of aromatic nitrogens is 2. The van der Waals surface area contributed by atoms with Crippen molar-refractivity contribution in [2.75, 3.05) is 19.6 Å². The normalized spacial score (nSPS) is 22.5. The summed E-state index contributed by atoms with van der Waals surface area (Å²) in [6, 6.07) is 0.593. The van der Waals surface area contributed by atoms with E-state index in [1.54, 1.807) is 0 Å². The van der Waals surface area contributed by atoms with Gasteiger partial charge in [0.15, 0.2) is 5.82 Å². The topological polar surface area (TPSA) is 54.2 Å². The predicted octanol–water partition coefficient (Wildman–Crippen LogP) is 1.42. The molecule has 1 aliphatic rings. The molecule has 0 aromatic carbocycles. The monoisotopic (exact) mass is 238 g/mol. The van der Waals surface area contributed by atoms with Crippen LogP contribution in [0.2, 0.25) is 0 Å². The summed E-state index contributed by atoms with van der Waals surface area (Å²) in [4.78, 5) is 6.58. The molecule has 1 aromatic heterocycles. The molecule has 17 heavy (non-hydrogen) atoms. The van der Waals surface area contributed by atoms with Crippen molar-refractivity contribution in [2.45, 2.75) is 45.2 Å². The van der Waals surface area contributed by atoms with Crippen molar-refractivity contribution in [1.82, 2.24) is 20.4 Å². The fourth-order valence-electron chi connectivity index (χ4n) is 2.41. The average Bonchev–Trinajstić information content (AvgIpc) is 2.75. The Morgan fingerprint density at radius 2 is 2.41 bits per heavy atom. The number of nitrogens with zero attached hydrogens (tertiary/aromatic N) is 3. The SMILES string of the molecule is CCCN1CCCC(NCc2ncon2)CC1. The first-order chi connectivity index (χ1) is 8.38. The summed E-state index contributed by atoms with van der Waals surface area (Å²) >= 11 is 0. The molecule has 5 nitrogen and oxygen atoms in total. The molecule has 2 rings (SSSR count). The van der Waals surface area contributed by atoms with Gasteiger partial charge in [-0.1, -0.05) is 12.1 Å². The van der Waals surface area contributed by atoms with Gasteiger partial charge in [-0.3, -0.25) is 0 Å². The minimum Gasteiger partial charge on any atom is -0.343 e. The van der Waals surface area contributed by atoms with Crippen LogP contribution in [0.1, 0.15) is 38.4 Å². The maximum atomic E-state index is 4.72. The highest BCUT2D eigenvalue weighted by Crippen LogP contribution is 2.11. The Labute approximate surface area is 103 Å². The lowest BCUT2D eigenvalue weighted by molar-refractivity contribution is 0.282. The Hall–Kier alpha value is -0.940. The molecule has 0 amide bonds. The third-order valence-corrected chi connectivity index (χ3v) is 3.32. The van der Waals surface area contributed by atoms with Crippen LogP contribution in [-0.4, -0.2) is 40.7 Å². The van der Waals surface area contributed by atoms with Crippen molar-refractivity contribution < 1.29 is 4.52 Å². The van der Waals surface area contributed by atoms with Gasteiger partial charge in [0.2, 0.25) is 6.39 Å². The summed E-state index contributed by atoms with van der Waals surface area (Å²) < 4.78 is 4.72. The van der Waals surface area contributed by atoms with Gasteiger partial charge in [-0.2, -0.15) is 4.98 Å². The summed E-state index contributed by atoms with van der Waals surface area (Å²) in [5, 5.41) is 7.32. The Bertz CT molecular complexity index is 301. The molecule has 5 heteroatoms. The first-order valence-electron chi connectivity index (χ1n) is 6.59. The van der Waals surface area contributed by atoms with E-state index in [2.05, 4.69) is 27.3 Å². The Morgan fingerprint density at radius 3 is 3.18 bits per heavy atom. The Morgan fingerprint density at radius 1 is 1.47 bits per heavy atom. The Kier molecular flexibility index (Phi) is 4.94. The number of hydrogen-bond acceptors (Lipinski definition) is 5. The standard InChI is InChI=1S/C12H22N4O/c1-2-6-16-7-3-4-11(5-8-16)13-9-12-14-10-17-15-12/h10-11,13H,2-9H2,1H3. The number of hydrogen-bond donors (Lipinski definition) is 1. The molecule has 0 spiro atoms. The molecule has 2 heterocycles. The molecule has 0 radical (unpaired) electrons. The van der Waals surface area contributed by atoms with E-state index in [0.29, 0.717) is 6.04 Å². The van der Waals surface area contributed by atoms with E-state index >= 15 is 0 Å². The van der Waals surface area contributed by atoms with Crippen LogP contribution in [0.4, 0.5) is 0 Å². The maximum absolute atomic E-state index is 4.72. The van der Waals surface area contributed by atoms with E-state index in [0.717, 1.165) is 12.4 Å². The van der Waals surface area contributed by atoms with Gasteiger partial charge < -0.3 is 14.7 Å². The molecule has 1 saturated heterocycles. The van der Waals surface area contributed by atoms with Gasteiger partial charge in [-0.05, 0) is 45.3 Å². The zero-order valence-electron chi connectivity index (χ0n) is 10.6. The average molecular weight is 238 g/mol. The second kappa shape index (κ2) is 6.71. The van der Waals surface area contributed by atoms with E-state index < -0.39 is 0 Å². The number of rotatable bonds is 5. The second-order valence-corrected chi connectivity index (χ2v) is 4.70. The molecule has 1 unspecified atom stereocenters. The highest BCUT2D eigenvalue weighted by Gasteiger charge is 2.16. The zero-order chi connectivity index (χ0) is 11.9. The van der Waals surface area contributed by atoms with Crippen molar-refractivity contribution in [3.05, 3.63) is 12.2 Å². The summed E-state index contributed by atoms with van der Waals surface area (Å²) in [6.45, 7) is 6.65. The summed E-state index contributed by atoms with van der Waals surface area (Å²) in [7, 11) is 0. The van der Waals surface area contributed by atoms with Gasteiger partial charge in [0, 0.05) is 6.04 Å². The van der Waals surface area contributed by atoms with Crippen LogP contribution in [0.5, 0.6) is 0 Å². The molecular formula is C12H22N4O. The molecule has 96 valence electrons. The molecule has 1 N–H and O–H groups in total. The van der Waals surface area contributed by atoms with Crippen LogP contribution in [0.15, 0.2) is 10.9 Å². The van der Waals surface area contributed by atoms with Gasteiger partial charge >= 0.3 is 0 Å². The molecule has 0 bridgehead atoms. The summed E-state index contributed by atoms with van der Waals surface area (Å²) in [6.07, 6.45) is 6.38. The predicted molar refractivity (Wildman–Crippen MR) is 65.5 cm³/mol. The largest absolute Gasteiger partial charge is 0.343 e. The van der Waals surface area contributed by atoms with Gasteiger partial charge in [0.1, 0.15) is 0 Å². The summed E-state index contributed by atoms with van der Waals surface area (Å²) in [5.41, 5.74) is 0. The lowest BCUT2D eigenvalue weighted by atomic mass is 10.1.